The summed E-state index contributed by atoms with van der Waals surface area (Å²) in [5.41, 5.74) is 1.51. The van der Waals surface area contributed by atoms with E-state index in [0.717, 1.165) is 31.5 Å². The largest absolute Gasteiger partial charge is 0.342 e. The van der Waals surface area contributed by atoms with Gasteiger partial charge >= 0.3 is 0 Å². The fraction of sp³-hybridized carbons (Fsp3) is 0.500. The predicted octanol–water partition coefficient (Wildman–Crippen LogP) is 2.02. The fourth-order valence-corrected chi connectivity index (χ4v) is 2.85. The third-order valence-electron chi connectivity index (χ3n) is 3.45. The number of hydrogen-bond acceptors (Lipinski definition) is 2. The second kappa shape index (κ2) is 5.85. The van der Waals surface area contributed by atoms with Crippen molar-refractivity contribution in [3.8, 4) is 0 Å². The molecule has 0 bridgehead atoms. The van der Waals surface area contributed by atoms with Crippen LogP contribution in [0.25, 0.3) is 0 Å². The molecule has 1 aliphatic heterocycles. The zero-order valence-electron chi connectivity index (χ0n) is 10.7. The van der Waals surface area contributed by atoms with Gasteiger partial charge in [-0.3, -0.25) is 4.79 Å². The highest BCUT2D eigenvalue weighted by atomic mass is 79.9. The first-order chi connectivity index (χ1) is 8.65. The summed E-state index contributed by atoms with van der Waals surface area (Å²) < 4.78 is 0. The number of carbonyl (C=O) groups excluding carboxylic acids is 1. The van der Waals surface area contributed by atoms with Crippen LogP contribution in [0.3, 0.4) is 0 Å². The number of carbonyl (C=O) groups is 1. The second-order valence-corrected chi connectivity index (χ2v) is 5.66. The molecule has 1 fully saturated rings. The van der Waals surface area contributed by atoms with Crippen LogP contribution >= 0.6 is 15.9 Å². The van der Waals surface area contributed by atoms with Crippen molar-refractivity contribution < 1.29 is 4.79 Å². The highest BCUT2D eigenvalue weighted by Crippen LogP contribution is 2.31. The van der Waals surface area contributed by atoms with Crippen LogP contribution in [-0.4, -0.2) is 35.8 Å². The minimum Gasteiger partial charge on any atom is -0.342 e. The molecule has 1 aromatic rings. The van der Waals surface area contributed by atoms with Crippen LogP contribution in [0.1, 0.15) is 12.5 Å². The van der Waals surface area contributed by atoms with Crippen LogP contribution in [0.4, 0.5) is 0 Å². The van der Waals surface area contributed by atoms with Crippen LogP contribution in [-0.2, 0) is 11.3 Å². The lowest BCUT2D eigenvalue weighted by molar-refractivity contribution is -0.139. The number of nitrogens with one attached hydrogen (secondary N) is 1. The molecule has 0 atom stereocenters. The Bertz CT molecular complexity index is 402. The number of amides is 1. The lowest BCUT2D eigenvalue weighted by Gasteiger charge is -2.49. The molecule has 2 rings (SSSR count). The van der Waals surface area contributed by atoms with E-state index < -0.39 is 0 Å². The van der Waals surface area contributed by atoms with Crippen molar-refractivity contribution in [1.82, 2.24) is 10.2 Å². The normalized spacial score (nSPS) is 17.3. The van der Waals surface area contributed by atoms with Gasteiger partial charge in [0.05, 0.1) is 0 Å². The first-order valence-electron chi connectivity index (χ1n) is 6.21. The maximum Gasteiger partial charge on any atom is 0.219 e. The Morgan fingerprint density at radius 1 is 1.39 bits per heavy atom. The number of likely N-dealkylation sites (tertiary alicyclic amines) is 1. The highest BCUT2D eigenvalue weighted by Gasteiger charge is 2.42. The number of hydrogen-bond donors (Lipinski definition) is 1. The first-order valence-corrected chi connectivity index (χ1v) is 7.33. The second-order valence-electron chi connectivity index (χ2n) is 5.10. The molecule has 1 amide bonds. The third-order valence-corrected chi connectivity index (χ3v) is 4.64. The van der Waals surface area contributed by atoms with Crippen LogP contribution in [0.5, 0.6) is 0 Å². The number of halogens is 1. The predicted molar refractivity (Wildman–Crippen MR) is 76.6 cm³/mol. The Labute approximate surface area is 117 Å². The Morgan fingerprint density at radius 3 is 2.61 bits per heavy atom. The molecule has 0 aliphatic carbocycles. The van der Waals surface area contributed by atoms with Gasteiger partial charge in [-0.15, -0.1) is 0 Å². The summed E-state index contributed by atoms with van der Waals surface area (Å²) in [4.78, 5) is 13.1. The average molecular weight is 311 g/mol. The van der Waals surface area contributed by atoms with Gasteiger partial charge in [0, 0.05) is 43.8 Å². The fourth-order valence-electron chi connectivity index (χ4n) is 2.30. The van der Waals surface area contributed by atoms with Crippen molar-refractivity contribution in [2.45, 2.75) is 13.5 Å². The lowest BCUT2D eigenvalue weighted by Crippen LogP contribution is -2.62. The summed E-state index contributed by atoms with van der Waals surface area (Å²) in [7, 11) is 0. The summed E-state index contributed by atoms with van der Waals surface area (Å²) in [5.74, 6) is 0.176. The van der Waals surface area contributed by atoms with E-state index >= 15 is 0 Å². The zero-order chi connectivity index (χ0) is 13.0. The minimum absolute atomic E-state index is 0.176. The molecule has 1 N–H and O–H groups in total. The van der Waals surface area contributed by atoms with E-state index in [-0.39, 0.29) is 11.3 Å². The van der Waals surface area contributed by atoms with Crippen LogP contribution < -0.4 is 5.32 Å². The van der Waals surface area contributed by atoms with E-state index in [1.165, 1.54) is 5.56 Å². The molecule has 1 aromatic carbocycles. The van der Waals surface area contributed by atoms with Gasteiger partial charge in [-0.05, 0) is 5.56 Å². The average Bonchev–Trinajstić information content (AvgIpc) is 2.33. The van der Waals surface area contributed by atoms with Gasteiger partial charge in [0.1, 0.15) is 0 Å². The Hall–Kier alpha value is -0.870. The maximum absolute atomic E-state index is 11.2. The van der Waals surface area contributed by atoms with Crippen molar-refractivity contribution in [1.29, 1.82) is 0 Å². The number of alkyl halides is 1. The van der Waals surface area contributed by atoms with Gasteiger partial charge in [-0.25, -0.2) is 0 Å². The van der Waals surface area contributed by atoms with E-state index in [2.05, 4.69) is 45.5 Å². The molecule has 98 valence electrons. The Kier molecular flexibility index (Phi) is 4.40. The molecule has 0 aromatic heterocycles. The van der Waals surface area contributed by atoms with Crippen LogP contribution in [0.15, 0.2) is 30.3 Å². The number of benzene rings is 1. The molecule has 1 saturated heterocycles. The molecule has 0 unspecified atom stereocenters. The summed E-state index contributed by atoms with van der Waals surface area (Å²) in [6.45, 7) is 5.17. The molecule has 0 spiro atoms. The molecule has 3 nitrogen and oxygen atoms in total. The van der Waals surface area contributed by atoms with Gasteiger partial charge in [-0.2, -0.15) is 0 Å². The van der Waals surface area contributed by atoms with Crippen molar-refractivity contribution in [2.24, 2.45) is 5.41 Å². The third kappa shape index (κ3) is 3.12. The van der Waals surface area contributed by atoms with Crippen molar-refractivity contribution >= 4 is 21.8 Å². The van der Waals surface area contributed by atoms with Gasteiger partial charge in [0.15, 0.2) is 0 Å². The molecule has 0 radical (unpaired) electrons. The van der Waals surface area contributed by atoms with Gasteiger partial charge in [-0.1, -0.05) is 46.3 Å². The molecule has 4 heteroatoms. The molecular formula is C14H19BrN2O. The van der Waals surface area contributed by atoms with Gasteiger partial charge in [0.25, 0.3) is 0 Å². The SMILES string of the molecule is CC(=O)N1CC(CBr)(CNCc2ccccc2)C1. The van der Waals surface area contributed by atoms with Gasteiger partial charge in [0.2, 0.25) is 5.91 Å². The van der Waals surface area contributed by atoms with E-state index in [9.17, 15) is 4.79 Å². The van der Waals surface area contributed by atoms with Crippen LogP contribution in [0.2, 0.25) is 0 Å². The Morgan fingerprint density at radius 2 is 2.06 bits per heavy atom. The molecule has 1 aliphatic rings. The van der Waals surface area contributed by atoms with E-state index in [4.69, 9.17) is 0 Å². The standard InChI is InChI=1S/C14H19BrN2O/c1-12(18)17-10-14(8-15,11-17)9-16-7-13-5-3-2-4-6-13/h2-6,16H,7-11H2,1H3. The van der Waals surface area contributed by atoms with Gasteiger partial charge < -0.3 is 10.2 Å². The first kappa shape index (κ1) is 13.6. The van der Waals surface area contributed by atoms with Crippen molar-refractivity contribution in [2.75, 3.05) is 25.0 Å². The molecular weight excluding hydrogens is 292 g/mol. The maximum atomic E-state index is 11.2. The minimum atomic E-state index is 0.176. The summed E-state index contributed by atoms with van der Waals surface area (Å²) in [6.07, 6.45) is 0. The highest BCUT2D eigenvalue weighted by molar-refractivity contribution is 9.09. The van der Waals surface area contributed by atoms with E-state index in [1.807, 2.05) is 11.0 Å². The lowest BCUT2D eigenvalue weighted by atomic mass is 9.81. The topological polar surface area (TPSA) is 32.3 Å². The monoisotopic (exact) mass is 310 g/mol. The number of nitrogens with zero attached hydrogens (tertiary/aromatic N) is 1. The summed E-state index contributed by atoms with van der Waals surface area (Å²) in [6, 6.07) is 10.4. The van der Waals surface area contributed by atoms with Crippen LogP contribution in [0, 0.1) is 5.41 Å². The molecule has 0 saturated carbocycles. The van der Waals surface area contributed by atoms with Crippen molar-refractivity contribution in [3.05, 3.63) is 35.9 Å². The van der Waals surface area contributed by atoms with Crippen molar-refractivity contribution in [3.63, 3.8) is 0 Å². The molecule has 1 heterocycles. The Balaban J connectivity index is 1.77. The smallest absolute Gasteiger partial charge is 0.219 e. The summed E-state index contributed by atoms with van der Waals surface area (Å²) in [5, 5.41) is 4.42. The molecule has 18 heavy (non-hydrogen) atoms. The zero-order valence-corrected chi connectivity index (χ0v) is 12.2. The quantitative estimate of drug-likeness (QED) is 0.844. The van der Waals surface area contributed by atoms with E-state index in [0.29, 0.717) is 0 Å². The summed E-state index contributed by atoms with van der Waals surface area (Å²) >= 11 is 3.57. The number of rotatable bonds is 5. The van der Waals surface area contributed by atoms with E-state index in [1.54, 1.807) is 6.92 Å².